The monoisotopic (exact) mass is 129 g/mol. The van der Waals surface area contributed by atoms with Crippen molar-refractivity contribution in [1.29, 1.82) is 0 Å². The predicted molar refractivity (Wildman–Crippen MR) is 27.8 cm³/mol. The average Bonchev–Trinajstić information content (AvgIpc) is 2.19. The molecule has 0 bridgehead atoms. The Hall–Kier alpha value is -0.690. The minimum atomic E-state index is 0.0495. The van der Waals surface area contributed by atoms with Gasteiger partial charge < -0.3 is 4.42 Å². The highest BCUT2D eigenvalue weighted by Crippen LogP contribution is 2.04. The van der Waals surface area contributed by atoms with Crippen LogP contribution in [0.15, 0.2) is 16.9 Å². The molecule has 4 heteroatoms. The van der Waals surface area contributed by atoms with Crippen molar-refractivity contribution in [1.82, 2.24) is 4.98 Å². The molecule has 0 aliphatic carbocycles. The highest BCUT2D eigenvalue weighted by molar-refractivity contribution is 7.22. The Morgan fingerprint density at radius 1 is 1.88 bits per heavy atom. The minimum absolute atomic E-state index is 0.0495. The predicted octanol–water partition coefficient (Wildman–Crippen LogP) is 1.47. The summed E-state index contributed by atoms with van der Waals surface area (Å²) in [6.45, 7) is 0. The van der Waals surface area contributed by atoms with Gasteiger partial charge in [-0.25, -0.2) is 4.98 Å². The number of rotatable bonds is 2. The molecule has 0 aromatic carbocycles. The fourth-order valence-electron chi connectivity index (χ4n) is 0.386. The molecule has 3 nitrogen and oxygen atoms in total. The lowest BCUT2D eigenvalue weighted by molar-refractivity contribution is 0.512. The average molecular weight is 129 g/mol. The summed E-state index contributed by atoms with van der Waals surface area (Å²) in [6.07, 6.45) is 3.36. The van der Waals surface area contributed by atoms with E-state index in [4.69, 9.17) is 4.42 Å². The molecule has 1 aromatic heterocycles. The molecule has 0 saturated heterocycles. The number of hydrogen-bond donors (Lipinski definition) is 0. The van der Waals surface area contributed by atoms with Crippen molar-refractivity contribution < 1.29 is 8.98 Å². The second-order valence-electron chi connectivity index (χ2n) is 1.21. The number of aromatic nitrogens is 1. The summed E-state index contributed by atoms with van der Waals surface area (Å²) in [6, 6.07) is 0. The normalized spacial score (nSPS) is 10.0. The maximum atomic E-state index is 9.87. The molecule has 0 saturated carbocycles. The van der Waals surface area contributed by atoms with E-state index in [1.807, 2.05) is 0 Å². The van der Waals surface area contributed by atoms with E-state index in [1.54, 1.807) is 0 Å². The number of hydrogen-bond acceptors (Lipinski definition) is 3. The molecule has 1 aromatic rings. The van der Waals surface area contributed by atoms with Crippen LogP contribution >= 0.6 is 8.46 Å². The van der Waals surface area contributed by atoms with Gasteiger partial charge in [-0.05, 0) is 0 Å². The van der Waals surface area contributed by atoms with Gasteiger partial charge in [0, 0.05) is 0 Å². The van der Waals surface area contributed by atoms with Crippen molar-refractivity contribution in [2.24, 2.45) is 0 Å². The Labute approximate surface area is 47.9 Å². The van der Waals surface area contributed by atoms with E-state index in [0.29, 0.717) is 12.1 Å². The molecule has 0 radical (unpaired) electrons. The minimum Gasteiger partial charge on any atom is -0.448 e. The Morgan fingerprint density at radius 3 is 3.25 bits per heavy atom. The molecular formula is C4H4NO2P. The number of oxazole rings is 1. The molecule has 1 rings (SSSR count). The van der Waals surface area contributed by atoms with Gasteiger partial charge in [-0.2, -0.15) is 0 Å². The fraction of sp³-hybridized carbons (Fsp3) is 0.250. The van der Waals surface area contributed by atoms with Crippen LogP contribution in [-0.4, -0.2) is 4.98 Å². The Balaban J connectivity index is 2.62. The van der Waals surface area contributed by atoms with E-state index in [9.17, 15) is 4.57 Å². The lowest BCUT2D eigenvalue weighted by atomic mass is 10.8. The van der Waals surface area contributed by atoms with Crippen LogP contribution in [0.5, 0.6) is 0 Å². The zero-order chi connectivity index (χ0) is 5.82. The molecule has 0 N–H and O–H groups in total. The third-order valence-corrected chi connectivity index (χ3v) is 1.08. The smallest absolute Gasteiger partial charge is 0.205 e. The Bertz CT molecular complexity index is 161. The summed E-state index contributed by atoms with van der Waals surface area (Å²) in [5.41, 5.74) is 0. The van der Waals surface area contributed by atoms with E-state index in [2.05, 4.69) is 4.98 Å². The van der Waals surface area contributed by atoms with Gasteiger partial charge in [-0.15, -0.1) is 0 Å². The second-order valence-corrected chi connectivity index (χ2v) is 1.79. The molecule has 0 atom stereocenters. The van der Waals surface area contributed by atoms with Crippen molar-refractivity contribution >= 4 is 8.46 Å². The lowest BCUT2D eigenvalue weighted by Gasteiger charge is -1.76. The molecule has 0 amide bonds. The second kappa shape index (κ2) is 2.58. The molecule has 0 aliphatic heterocycles. The maximum Gasteiger partial charge on any atom is 0.205 e. The van der Waals surface area contributed by atoms with Gasteiger partial charge in [0.1, 0.15) is 12.4 Å². The summed E-state index contributed by atoms with van der Waals surface area (Å²) in [5.74, 6) is 0.515. The van der Waals surface area contributed by atoms with Gasteiger partial charge in [-0.3, -0.25) is 4.57 Å². The maximum absolute atomic E-state index is 9.87. The van der Waals surface area contributed by atoms with Crippen LogP contribution in [0.4, 0.5) is 0 Å². The molecule has 1 heterocycles. The highest BCUT2D eigenvalue weighted by Gasteiger charge is 1.92. The third kappa shape index (κ3) is 1.14. The lowest BCUT2D eigenvalue weighted by Crippen LogP contribution is -1.70. The van der Waals surface area contributed by atoms with Crippen molar-refractivity contribution in [3.05, 3.63) is 18.4 Å². The Morgan fingerprint density at radius 2 is 2.75 bits per heavy atom. The van der Waals surface area contributed by atoms with Crippen molar-refractivity contribution in [3.63, 3.8) is 0 Å². The first kappa shape index (κ1) is 5.45. The zero-order valence-electron chi connectivity index (χ0n) is 4.07. The molecular weight excluding hydrogens is 125 g/mol. The summed E-state index contributed by atoms with van der Waals surface area (Å²) in [4.78, 5) is 3.73. The van der Waals surface area contributed by atoms with Crippen LogP contribution in [0.25, 0.3) is 0 Å². The van der Waals surface area contributed by atoms with Gasteiger partial charge in [0.05, 0.1) is 6.20 Å². The van der Waals surface area contributed by atoms with Crippen LogP contribution in [0.3, 0.4) is 0 Å². The standard InChI is InChI=1S/C4H4NO2P/c6-8-3-4-5-1-2-7-4/h1-2H,3H2. The first-order valence-corrected chi connectivity index (χ1v) is 3.10. The summed E-state index contributed by atoms with van der Waals surface area (Å²) in [7, 11) is 0.0495. The van der Waals surface area contributed by atoms with Gasteiger partial charge >= 0.3 is 0 Å². The van der Waals surface area contributed by atoms with Crippen molar-refractivity contribution in [2.45, 2.75) is 6.16 Å². The van der Waals surface area contributed by atoms with Crippen LogP contribution in [0.1, 0.15) is 5.89 Å². The summed E-state index contributed by atoms with van der Waals surface area (Å²) in [5, 5.41) is 0. The molecule has 8 heavy (non-hydrogen) atoms. The van der Waals surface area contributed by atoms with E-state index in [-0.39, 0.29) is 8.46 Å². The van der Waals surface area contributed by atoms with Gasteiger partial charge in [0.25, 0.3) is 0 Å². The molecule has 0 aliphatic rings. The first-order valence-electron chi connectivity index (χ1n) is 2.11. The largest absolute Gasteiger partial charge is 0.448 e. The fourth-order valence-corrected chi connectivity index (χ4v) is 0.653. The van der Waals surface area contributed by atoms with Crippen LogP contribution in [0, 0.1) is 0 Å². The third-order valence-electron chi connectivity index (χ3n) is 0.683. The van der Waals surface area contributed by atoms with Gasteiger partial charge in [0.2, 0.25) is 5.89 Å². The highest BCUT2D eigenvalue weighted by atomic mass is 31.1. The summed E-state index contributed by atoms with van der Waals surface area (Å²) < 4.78 is 14.6. The summed E-state index contributed by atoms with van der Waals surface area (Å²) >= 11 is 0. The molecule has 0 spiro atoms. The van der Waals surface area contributed by atoms with E-state index < -0.39 is 0 Å². The van der Waals surface area contributed by atoms with Crippen molar-refractivity contribution in [3.8, 4) is 0 Å². The van der Waals surface area contributed by atoms with Crippen molar-refractivity contribution in [2.75, 3.05) is 0 Å². The van der Waals surface area contributed by atoms with E-state index in [0.717, 1.165) is 0 Å². The topological polar surface area (TPSA) is 43.1 Å². The molecule has 0 unspecified atom stereocenters. The molecule has 0 fully saturated rings. The Kier molecular flexibility index (Phi) is 1.75. The van der Waals surface area contributed by atoms with Gasteiger partial charge in [-0.1, -0.05) is 0 Å². The number of nitrogens with zero attached hydrogens (tertiary/aromatic N) is 1. The van der Waals surface area contributed by atoms with E-state index >= 15 is 0 Å². The van der Waals surface area contributed by atoms with Crippen LogP contribution in [-0.2, 0) is 10.7 Å². The SMILES string of the molecule is O=PCc1ncco1. The van der Waals surface area contributed by atoms with Crippen LogP contribution in [0.2, 0.25) is 0 Å². The van der Waals surface area contributed by atoms with Crippen LogP contribution < -0.4 is 0 Å². The molecule has 42 valence electrons. The zero-order valence-corrected chi connectivity index (χ0v) is 4.97. The van der Waals surface area contributed by atoms with Gasteiger partial charge in [0.15, 0.2) is 8.46 Å². The quantitative estimate of drug-likeness (QED) is 0.567. The van der Waals surface area contributed by atoms with E-state index in [1.165, 1.54) is 12.5 Å². The first-order chi connectivity index (χ1) is 3.93.